The summed E-state index contributed by atoms with van der Waals surface area (Å²) in [6.07, 6.45) is 0. The highest BCUT2D eigenvalue weighted by atomic mass is 19.1. The minimum Gasteiger partial charge on any atom is -0.312 e. The van der Waals surface area contributed by atoms with Crippen LogP contribution >= 0.6 is 0 Å². The molecule has 0 saturated carbocycles. The molecule has 7 nitrogen and oxygen atoms in total. The third kappa shape index (κ3) is 3.15. The zero-order valence-electron chi connectivity index (χ0n) is 17.3. The van der Waals surface area contributed by atoms with Gasteiger partial charge in [-0.2, -0.15) is 4.98 Å². The Morgan fingerprint density at radius 2 is 1.74 bits per heavy atom. The zero-order chi connectivity index (χ0) is 21.7. The summed E-state index contributed by atoms with van der Waals surface area (Å²) < 4.78 is 18.0. The van der Waals surface area contributed by atoms with E-state index in [1.54, 1.807) is 19.2 Å². The number of rotatable bonds is 3. The molecule has 0 fully saturated rings. The van der Waals surface area contributed by atoms with Crippen LogP contribution in [0.4, 0.5) is 16.0 Å². The fourth-order valence-corrected chi connectivity index (χ4v) is 4.25. The van der Waals surface area contributed by atoms with Gasteiger partial charge in [-0.3, -0.25) is 13.9 Å². The van der Waals surface area contributed by atoms with E-state index in [-0.39, 0.29) is 23.8 Å². The van der Waals surface area contributed by atoms with Crippen molar-refractivity contribution in [2.24, 2.45) is 13.0 Å². The summed E-state index contributed by atoms with van der Waals surface area (Å²) in [5, 5.41) is 0. The van der Waals surface area contributed by atoms with Crippen LogP contribution in [0.1, 0.15) is 12.5 Å². The van der Waals surface area contributed by atoms with Crippen molar-refractivity contribution in [2.75, 3.05) is 11.4 Å². The maximum absolute atomic E-state index is 13.5. The summed E-state index contributed by atoms with van der Waals surface area (Å²) in [5.41, 5.74) is 1.68. The van der Waals surface area contributed by atoms with Crippen LogP contribution in [0.25, 0.3) is 11.2 Å². The highest BCUT2D eigenvalue weighted by molar-refractivity contribution is 5.77. The molecule has 5 rings (SSSR count). The van der Waals surface area contributed by atoms with Gasteiger partial charge < -0.3 is 9.47 Å². The lowest BCUT2D eigenvalue weighted by Gasteiger charge is -2.32. The van der Waals surface area contributed by atoms with E-state index in [1.807, 2.05) is 39.8 Å². The predicted molar refractivity (Wildman–Crippen MR) is 117 cm³/mol. The van der Waals surface area contributed by atoms with Gasteiger partial charge in [-0.25, -0.2) is 9.18 Å². The van der Waals surface area contributed by atoms with Gasteiger partial charge in [0, 0.05) is 25.8 Å². The second-order valence-electron chi connectivity index (χ2n) is 8.11. The lowest BCUT2D eigenvalue weighted by Crippen LogP contribution is -2.40. The molecule has 0 amide bonds. The third-order valence-electron chi connectivity index (χ3n) is 5.76. The van der Waals surface area contributed by atoms with Crippen molar-refractivity contribution in [2.45, 2.75) is 20.0 Å². The SMILES string of the molecule is CC1CN(c2ccc(F)cc2)c2nc3c(c(=O)n(Cc4ccccc4)c(=O)n3C)n2C1. The highest BCUT2D eigenvalue weighted by Crippen LogP contribution is 2.32. The van der Waals surface area contributed by atoms with Crippen LogP contribution in [0.2, 0.25) is 0 Å². The Labute approximate surface area is 177 Å². The van der Waals surface area contributed by atoms with Crippen LogP contribution in [-0.2, 0) is 20.1 Å². The van der Waals surface area contributed by atoms with Crippen molar-refractivity contribution in [3.8, 4) is 0 Å². The molecule has 8 heteroatoms. The van der Waals surface area contributed by atoms with Crippen LogP contribution in [0.15, 0.2) is 64.2 Å². The number of aromatic nitrogens is 4. The molecular weight excluding hydrogens is 397 g/mol. The first-order chi connectivity index (χ1) is 14.9. The van der Waals surface area contributed by atoms with Crippen molar-refractivity contribution in [1.82, 2.24) is 18.7 Å². The quantitative estimate of drug-likeness (QED) is 0.512. The summed E-state index contributed by atoms with van der Waals surface area (Å²) in [6, 6.07) is 15.6. The molecule has 0 bridgehead atoms. The second-order valence-corrected chi connectivity index (χ2v) is 8.11. The van der Waals surface area contributed by atoms with Crippen molar-refractivity contribution in [3.63, 3.8) is 0 Å². The topological polar surface area (TPSA) is 65.1 Å². The molecule has 3 heterocycles. The number of fused-ring (bicyclic) bond motifs is 3. The first kappa shape index (κ1) is 19.3. The minimum atomic E-state index is -0.404. The summed E-state index contributed by atoms with van der Waals surface area (Å²) in [7, 11) is 1.64. The predicted octanol–water partition coefficient (Wildman–Crippen LogP) is 2.87. The van der Waals surface area contributed by atoms with Crippen LogP contribution in [-0.4, -0.2) is 25.2 Å². The lowest BCUT2D eigenvalue weighted by atomic mass is 10.1. The van der Waals surface area contributed by atoms with Gasteiger partial charge in [0.05, 0.1) is 6.54 Å². The number of anilines is 2. The minimum absolute atomic E-state index is 0.194. The Hall–Kier alpha value is -3.68. The first-order valence-electron chi connectivity index (χ1n) is 10.2. The molecule has 0 spiro atoms. The molecule has 0 saturated heterocycles. The van der Waals surface area contributed by atoms with Gasteiger partial charge >= 0.3 is 5.69 Å². The van der Waals surface area contributed by atoms with E-state index in [0.29, 0.717) is 30.2 Å². The van der Waals surface area contributed by atoms with E-state index >= 15 is 0 Å². The van der Waals surface area contributed by atoms with Crippen LogP contribution in [0, 0.1) is 11.7 Å². The fraction of sp³-hybridized carbons (Fsp3) is 0.261. The van der Waals surface area contributed by atoms with Crippen LogP contribution in [0.5, 0.6) is 0 Å². The smallest absolute Gasteiger partial charge is 0.312 e. The Balaban J connectivity index is 1.73. The molecule has 1 unspecified atom stereocenters. The van der Waals surface area contributed by atoms with Gasteiger partial charge in [0.25, 0.3) is 5.56 Å². The monoisotopic (exact) mass is 419 g/mol. The van der Waals surface area contributed by atoms with Crippen LogP contribution in [0.3, 0.4) is 0 Å². The molecule has 2 aromatic carbocycles. The van der Waals surface area contributed by atoms with E-state index < -0.39 is 5.69 Å². The van der Waals surface area contributed by atoms with Crippen LogP contribution < -0.4 is 16.1 Å². The average Bonchev–Trinajstić information content (AvgIpc) is 3.15. The lowest BCUT2D eigenvalue weighted by molar-refractivity contribution is 0.458. The van der Waals surface area contributed by atoms with Crippen molar-refractivity contribution in [3.05, 3.63) is 86.8 Å². The fourth-order valence-electron chi connectivity index (χ4n) is 4.25. The maximum Gasteiger partial charge on any atom is 0.332 e. The molecule has 1 aliphatic heterocycles. The summed E-state index contributed by atoms with van der Waals surface area (Å²) >= 11 is 0. The Kier molecular flexibility index (Phi) is 4.50. The van der Waals surface area contributed by atoms with Gasteiger partial charge in [0.1, 0.15) is 5.82 Å². The molecule has 31 heavy (non-hydrogen) atoms. The number of nitrogens with zero attached hydrogens (tertiary/aromatic N) is 5. The van der Waals surface area contributed by atoms with Gasteiger partial charge in [0.15, 0.2) is 11.2 Å². The Morgan fingerprint density at radius 3 is 2.45 bits per heavy atom. The summed E-state index contributed by atoms with van der Waals surface area (Å²) in [4.78, 5) is 33.1. The average molecular weight is 419 g/mol. The van der Waals surface area contributed by atoms with Gasteiger partial charge in [0.2, 0.25) is 5.95 Å². The van der Waals surface area contributed by atoms with E-state index in [2.05, 4.69) is 11.9 Å². The van der Waals surface area contributed by atoms with Gasteiger partial charge in [-0.15, -0.1) is 0 Å². The van der Waals surface area contributed by atoms with Crippen molar-refractivity contribution < 1.29 is 4.39 Å². The second kappa shape index (κ2) is 7.23. The normalized spacial score (nSPS) is 16.0. The van der Waals surface area contributed by atoms with Gasteiger partial charge in [-0.1, -0.05) is 37.3 Å². The number of halogens is 1. The molecule has 0 radical (unpaired) electrons. The van der Waals surface area contributed by atoms with E-state index in [9.17, 15) is 14.0 Å². The molecule has 2 aromatic heterocycles. The highest BCUT2D eigenvalue weighted by Gasteiger charge is 2.29. The molecule has 1 atom stereocenters. The van der Waals surface area contributed by atoms with Crippen molar-refractivity contribution >= 4 is 22.8 Å². The molecular formula is C23H22FN5O2. The Morgan fingerprint density at radius 1 is 1.03 bits per heavy atom. The maximum atomic E-state index is 13.5. The molecule has 0 aliphatic carbocycles. The van der Waals surface area contributed by atoms with Gasteiger partial charge in [-0.05, 0) is 35.7 Å². The molecule has 1 aliphatic rings. The number of aryl methyl sites for hydroxylation is 1. The summed E-state index contributed by atoms with van der Waals surface area (Å²) in [6.45, 7) is 3.58. The zero-order valence-corrected chi connectivity index (χ0v) is 17.3. The van der Waals surface area contributed by atoms with Crippen molar-refractivity contribution in [1.29, 1.82) is 0 Å². The largest absolute Gasteiger partial charge is 0.332 e. The van der Waals surface area contributed by atoms with E-state index in [1.165, 1.54) is 21.3 Å². The standard InChI is InChI=1S/C23H22FN5O2/c1-15-12-27(18-10-8-17(24)9-11-18)22-25-20-19(28(22)13-15)21(30)29(23(31)26(20)2)14-16-6-4-3-5-7-16/h3-11,15H,12-14H2,1-2H3. The molecule has 158 valence electrons. The third-order valence-corrected chi connectivity index (χ3v) is 5.76. The number of hydrogen-bond acceptors (Lipinski definition) is 4. The molecule has 4 aromatic rings. The van der Waals surface area contributed by atoms with E-state index in [0.717, 1.165) is 11.3 Å². The summed E-state index contributed by atoms with van der Waals surface area (Å²) in [5.74, 6) is 0.506. The number of hydrogen-bond donors (Lipinski definition) is 0. The number of benzene rings is 2. The first-order valence-corrected chi connectivity index (χ1v) is 10.2. The molecule has 0 N–H and O–H groups in total. The number of imidazole rings is 1. The van der Waals surface area contributed by atoms with E-state index in [4.69, 9.17) is 0 Å². The Bertz CT molecular complexity index is 1390.